The number of methoxy groups -OCH3 is 2. The monoisotopic (exact) mass is 430 g/mol. The van der Waals surface area contributed by atoms with Crippen molar-refractivity contribution in [1.29, 1.82) is 0 Å². The molecule has 0 bridgehead atoms. The van der Waals surface area contributed by atoms with Gasteiger partial charge in [0.2, 0.25) is 5.91 Å². The Labute approximate surface area is 188 Å². The molecule has 3 aromatic rings. The minimum Gasteiger partial charge on any atom is -0.497 e. The molecule has 4 rings (SSSR count). The van der Waals surface area contributed by atoms with Crippen LogP contribution < -0.4 is 19.3 Å². The van der Waals surface area contributed by atoms with Crippen LogP contribution in [0.25, 0.3) is 0 Å². The van der Waals surface area contributed by atoms with Crippen LogP contribution in [0.3, 0.4) is 0 Å². The number of carbonyl (C=O) groups excluding carboxylic acids is 2. The molecule has 0 unspecified atom stereocenters. The van der Waals surface area contributed by atoms with Gasteiger partial charge in [-0.2, -0.15) is 0 Å². The second kappa shape index (κ2) is 8.75. The molecule has 1 aliphatic heterocycles. The average molecular weight is 431 g/mol. The van der Waals surface area contributed by atoms with Crippen LogP contribution in [0.1, 0.15) is 22.7 Å². The number of piperazine rings is 1. The molecule has 1 saturated heterocycles. The van der Waals surface area contributed by atoms with E-state index in [2.05, 4.69) is 0 Å². The van der Waals surface area contributed by atoms with Crippen LogP contribution in [0.4, 0.5) is 11.4 Å². The van der Waals surface area contributed by atoms with Gasteiger partial charge in [0.1, 0.15) is 24.1 Å². The lowest BCUT2D eigenvalue weighted by Crippen LogP contribution is -2.56. The zero-order valence-corrected chi connectivity index (χ0v) is 18.7. The van der Waals surface area contributed by atoms with E-state index in [0.717, 1.165) is 11.1 Å². The SMILES string of the molecule is COc1ccc([C@@H]2C(=O)N(c3ccccc3OC)CC(=O)N2c2cc(C)cc(C)c2)cc1. The zero-order valence-electron chi connectivity index (χ0n) is 18.7. The topological polar surface area (TPSA) is 59.1 Å². The maximum Gasteiger partial charge on any atom is 0.255 e. The van der Waals surface area contributed by atoms with E-state index < -0.39 is 6.04 Å². The fourth-order valence-corrected chi connectivity index (χ4v) is 4.21. The maximum atomic E-state index is 13.9. The van der Waals surface area contributed by atoms with Gasteiger partial charge in [0, 0.05) is 5.69 Å². The van der Waals surface area contributed by atoms with Gasteiger partial charge >= 0.3 is 0 Å². The first-order chi connectivity index (χ1) is 15.4. The molecule has 2 amide bonds. The highest BCUT2D eigenvalue weighted by atomic mass is 16.5. The van der Waals surface area contributed by atoms with Crippen molar-refractivity contribution in [2.24, 2.45) is 0 Å². The largest absolute Gasteiger partial charge is 0.497 e. The summed E-state index contributed by atoms with van der Waals surface area (Å²) in [4.78, 5) is 30.5. The summed E-state index contributed by atoms with van der Waals surface area (Å²) in [6.07, 6.45) is 0. The van der Waals surface area contributed by atoms with Gasteiger partial charge in [0.05, 0.1) is 19.9 Å². The minimum absolute atomic E-state index is 0.0706. The molecule has 3 aromatic carbocycles. The van der Waals surface area contributed by atoms with E-state index in [9.17, 15) is 9.59 Å². The molecular formula is C26H26N2O4. The van der Waals surface area contributed by atoms with Gasteiger partial charge < -0.3 is 9.47 Å². The Balaban J connectivity index is 1.85. The van der Waals surface area contributed by atoms with Crippen LogP contribution in [0.2, 0.25) is 0 Å². The standard InChI is InChI=1S/C26H26N2O4/c1-17-13-18(2)15-20(14-17)28-24(29)16-27(22-7-5-6-8-23(22)32-4)26(30)25(28)19-9-11-21(31-3)12-10-19/h5-15,25H,16H2,1-4H3/t25-/m1/s1. The fraction of sp³-hybridized carbons (Fsp3) is 0.231. The number of amides is 2. The summed E-state index contributed by atoms with van der Waals surface area (Å²) >= 11 is 0. The molecular weight excluding hydrogens is 404 g/mol. The van der Waals surface area contributed by atoms with Crippen molar-refractivity contribution in [3.8, 4) is 11.5 Å². The highest BCUT2D eigenvalue weighted by Gasteiger charge is 2.42. The number of nitrogens with zero attached hydrogens (tertiary/aromatic N) is 2. The highest BCUT2D eigenvalue weighted by molar-refractivity contribution is 6.15. The normalized spacial score (nSPS) is 16.3. The summed E-state index contributed by atoms with van der Waals surface area (Å²) in [5.41, 5.74) is 4.05. The summed E-state index contributed by atoms with van der Waals surface area (Å²) in [5, 5.41) is 0. The first-order valence-corrected chi connectivity index (χ1v) is 10.4. The Hall–Kier alpha value is -3.80. The van der Waals surface area contributed by atoms with Gasteiger partial charge in [-0.1, -0.05) is 30.3 Å². The van der Waals surface area contributed by atoms with Gasteiger partial charge in [0.15, 0.2) is 0 Å². The van der Waals surface area contributed by atoms with Gasteiger partial charge in [-0.15, -0.1) is 0 Å². The van der Waals surface area contributed by atoms with E-state index in [1.54, 1.807) is 43.4 Å². The zero-order chi connectivity index (χ0) is 22.8. The van der Waals surface area contributed by atoms with Crippen LogP contribution in [0, 0.1) is 13.8 Å². The highest BCUT2D eigenvalue weighted by Crippen LogP contribution is 2.38. The van der Waals surface area contributed by atoms with Crippen LogP contribution in [-0.2, 0) is 9.59 Å². The number of hydrogen-bond acceptors (Lipinski definition) is 4. The fourth-order valence-electron chi connectivity index (χ4n) is 4.21. The summed E-state index contributed by atoms with van der Waals surface area (Å²) < 4.78 is 10.7. The Morgan fingerprint density at radius 2 is 1.50 bits per heavy atom. The lowest BCUT2D eigenvalue weighted by molar-refractivity contribution is -0.128. The van der Waals surface area contributed by atoms with E-state index in [1.165, 1.54) is 4.90 Å². The van der Waals surface area contributed by atoms with E-state index in [1.807, 2.05) is 56.3 Å². The van der Waals surface area contributed by atoms with Gasteiger partial charge in [-0.25, -0.2) is 0 Å². The molecule has 1 atom stereocenters. The van der Waals surface area contributed by atoms with E-state index in [4.69, 9.17) is 9.47 Å². The van der Waals surface area contributed by atoms with Crippen molar-refractivity contribution in [2.75, 3.05) is 30.6 Å². The smallest absolute Gasteiger partial charge is 0.255 e. The molecule has 0 saturated carbocycles. The second-order valence-corrected chi connectivity index (χ2v) is 7.88. The number of hydrogen-bond donors (Lipinski definition) is 0. The molecule has 0 N–H and O–H groups in total. The molecule has 1 aliphatic rings. The third kappa shape index (κ3) is 3.91. The number of carbonyl (C=O) groups is 2. The number of aryl methyl sites for hydroxylation is 2. The van der Waals surface area contributed by atoms with Crippen molar-refractivity contribution >= 4 is 23.2 Å². The van der Waals surface area contributed by atoms with E-state index in [-0.39, 0.29) is 18.4 Å². The summed E-state index contributed by atoms with van der Waals surface area (Å²) in [7, 11) is 3.15. The predicted molar refractivity (Wildman–Crippen MR) is 124 cm³/mol. The Kier molecular flexibility index (Phi) is 5.86. The maximum absolute atomic E-state index is 13.9. The van der Waals surface area contributed by atoms with Gasteiger partial charge in [-0.05, 0) is 66.9 Å². The molecule has 0 spiro atoms. The minimum atomic E-state index is -0.812. The number of anilines is 2. The molecule has 1 heterocycles. The third-order valence-electron chi connectivity index (χ3n) is 5.61. The lowest BCUT2D eigenvalue weighted by Gasteiger charge is -2.41. The third-order valence-corrected chi connectivity index (χ3v) is 5.61. The Morgan fingerprint density at radius 1 is 0.844 bits per heavy atom. The summed E-state index contributed by atoms with van der Waals surface area (Å²) in [6, 6.07) is 19.6. The molecule has 1 fully saturated rings. The molecule has 0 aromatic heterocycles. The average Bonchev–Trinajstić information content (AvgIpc) is 2.79. The van der Waals surface area contributed by atoms with Crippen molar-refractivity contribution in [3.63, 3.8) is 0 Å². The quantitative estimate of drug-likeness (QED) is 0.600. The van der Waals surface area contributed by atoms with Gasteiger partial charge in [0.25, 0.3) is 5.91 Å². The molecule has 6 nitrogen and oxygen atoms in total. The van der Waals surface area contributed by atoms with E-state index in [0.29, 0.717) is 28.4 Å². The predicted octanol–water partition coefficient (Wildman–Crippen LogP) is 4.44. The van der Waals surface area contributed by atoms with Gasteiger partial charge in [-0.3, -0.25) is 19.4 Å². The molecule has 0 radical (unpaired) electrons. The van der Waals surface area contributed by atoms with Crippen molar-refractivity contribution in [1.82, 2.24) is 0 Å². The number of rotatable bonds is 5. The van der Waals surface area contributed by atoms with Crippen molar-refractivity contribution < 1.29 is 19.1 Å². The Morgan fingerprint density at radius 3 is 2.12 bits per heavy atom. The number of para-hydroxylation sites is 2. The number of ether oxygens (including phenoxy) is 2. The van der Waals surface area contributed by atoms with Crippen LogP contribution in [0.5, 0.6) is 11.5 Å². The molecule has 164 valence electrons. The summed E-state index contributed by atoms with van der Waals surface area (Å²) in [5.74, 6) is 0.865. The second-order valence-electron chi connectivity index (χ2n) is 7.88. The van der Waals surface area contributed by atoms with Crippen molar-refractivity contribution in [3.05, 3.63) is 83.4 Å². The first kappa shape index (κ1) is 21.4. The van der Waals surface area contributed by atoms with E-state index >= 15 is 0 Å². The van der Waals surface area contributed by atoms with Crippen LogP contribution >= 0.6 is 0 Å². The molecule has 0 aliphatic carbocycles. The number of benzene rings is 3. The molecule has 6 heteroatoms. The first-order valence-electron chi connectivity index (χ1n) is 10.4. The summed E-state index contributed by atoms with van der Waals surface area (Å²) in [6.45, 7) is 3.89. The lowest BCUT2D eigenvalue weighted by atomic mass is 9.98. The van der Waals surface area contributed by atoms with Crippen LogP contribution in [0.15, 0.2) is 66.7 Å². The Bertz CT molecular complexity index is 1140. The van der Waals surface area contributed by atoms with Crippen LogP contribution in [-0.4, -0.2) is 32.6 Å². The molecule has 32 heavy (non-hydrogen) atoms. The van der Waals surface area contributed by atoms with Crippen molar-refractivity contribution in [2.45, 2.75) is 19.9 Å².